The number of ether oxygens (including phenoxy) is 5. The molecular weight excluding hydrogens is 558 g/mol. The minimum Gasteiger partial charge on any atom is -0.455 e. The van der Waals surface area contributed by atoms with Gasteiger partial charge in [-0.15, -0.1) is 0 Å². The largest absolute Gasteiger partial charge is 0.455 e. The summed E-state index contributed by atoms with van der Waals surface area (Å²) in [5.41, 5.74) is -4.81. The second-order valence-corrected chi connectivity index (χ2v) is 13.9. The number of methoxy groups -OCH3 is 4. The van der Waals surface area contributed by atoms with Crippen LogP contribution in [-0.4, -0.2) is 133 Å². The summed E-state index contributed by atoms with van der Waals surface area (Å²) in [6.45, 7) is 3.46. The Morgan fingerprint density at radius 2 is 1.72 bits per heavy atom. The molecule has 1 heterocycles. The fraction of sp³-hybridized carbons (Fsp3) is 0.781. The quantitative estimate of drug-likeness (QED) is 0.300. The van der Waals surface area contributed by atoms with Gasteiger partial charge in [-0.1, -0.05) is 25.1 Å². The van der Waals surface area contributed by atoms with Gasteiger partial charge in [0.15, 0.2) is 0 Å². The van der Waals surface area contributed by atoms with Crippen molar-refractivity contribution in [1.29, 1.82) is 0 Å². The molecule has 4 N–H and O–H groups in total. The highest BCUT2D eigenvalue weighted by Crippen LogP contribution is 2.80. The maximum Gasteiger partial charge on any atom is 0.338 e. The Morgan fingerprint density at radius 1 is 1.00 bits per heavy atom. The average Bonchev–Trinajstić information content (AvgIpc) is 3.39. The number of nitrogens with zero attached hydrogens (tertiary/aromatic N) is 1. The lowest BCUT2D eigenvalue weighted by molar-refractivity contribution is -0.320. The maximum absolute atomic E-state index is 13.6. The van der Waals surface area contributed by atoms with Crippen LogP contribution in [0, 0.1) is 34.5 Å². The highest BCUT2D eigenvalue weighted by molar-refractivity contribution is 5.89. The van der Waals surface area contributed by atoms with Gasteiger partial charge >= 0.3 is 5.97 Å². The van der Waals surface area contributed by atoms with Gasteiger partial charge < -0.3 is 44.1 Å². The number of rotatable bonds is 8. The summed E-state index contributed by atoms with van der Waals surface area (Å²) in [6, 6.07) is 8.25. The van der Waals surface area contributed by atoms with E-state index in [4.69, 9.17) is 23.7 Å². The van der Waals surface area contributed by atoms with E-state index in [1.807, 2.05) is 0 Å². The lowest BCUT2D eigenvalue weighted by atomic mass is 9.42. The van der Waals surface area contributed by atoms with E-state index < -0.39 is 82.4 Å². The van der Waals surface area contributed by atoms with Crippen LogP contribution in [0.25, 0.3) is 0 Å². The van der Waals surface area contributed by atoms with Crippen LogP contribution in [0.3, 0.4) is 0 Å². The molecule has 0 aromatic heterocycles. The standard InChI is InChI=1S/C32H45NO10/c1-6-33-14-29(15-39-2)18(34)12-19(40-3)31-17-13-30(37)26(43-28(36)16-10-8-7-9-11-16)20(17)32(38,25(35)27(30)42-5)21(24(31)33)22(41-4)23(29)31/h7-11,17-27,34-35,37-38H,6,12-15H2,1-5H3/t17-,18-,19?,20-,21+,22+,23-,24?,25+,26-,27+,29+,30+,31+,32-/m1/s1. The van der Waals surface area contributed by atoms with E-state index in [0.717, 1.165) is 0 Å². The van der Waals surface area contributed by atoms with E-state index in [1.54, 1.807) is 51.7 Å². The number of aliphatic hydroxyl groups excluding tert-OH is 2. The molecule has 6 fully saturated rings. The predicted octanol–water partition coefficient (Wildman–Crippen LogP) is 0.0773. The SMILES string of the molecule is CCN1C[C@]2(COC)[C@H](O)CC(OC)[C@]34C1[C@H]([C@H](OC)[C@H]23)[C@]1(O)[C@H]2[C@@H](OC(=O)c3ccccc3)[C@@](O)(C[C@H]24)[C@@H](OC)[C@@H]1O. The summed E-state index contributed by atoms with van der Waals surface area (Å²) in [6.07, 6.45) is -5.27. The molecule has 7 bridgehead atoms. The summed E-state index contributed by atoms with van der Waals surface area (Å²) in [5.74, 6) is -2.94. The van der Waals surface area contributed by atoms with Crippen LogP contribution in [0.5, 0.6) is 0 Å². The summed E-state index contributed by atoms with van der Waals surface area (Å²) < 4.78 is 30.5. The van der Waals surface area contributed by atoms with Crippen LogP contribution in [0.1, 0.15) is 30.1 Å². The van der Waals surface area contributed by atoms with E-state index in [2.05, 4.69) is 11.8 Å². The van der Waals surface area contributed by atoms with Crippen molar-refractivity contribution >= 4 is 5.97 Å². The van der Waals surface area contributed by atoms with Gasteiger partial charge in [-0.3, -0.25) is 4.90 Å². The molecule has 0 radical (unpaired) electrons. The third kappa shape index (κ3) is 3.28. The number of aliphatic hydroxyl groups is 4. The lowest BCUT2D eigenvalue weighted by Gasteiger charge is -2.70. The van der Waals surface area contributed by atoms with Crippen LogP contribution in [0.15, 0.2) is 30.3 Å². The molecule has 1 saturated heterocycles. The normalized spacial score (nSPS) is 52.7. The molecular formula is C32H45NO10. The highest BCUT2D eigenvalue weighted by atomic mass is 16.6. The minimum atomic E-state index is -1.86. The summed E-state index contributed by atoms with van der Waals surface area (Å²) in [4.78, 5) is 15.8. The number of esters is 1. The van der Waals surface area contributed by atoms with Crippen LogP contribution in [0.4, 0.5) is 0 Å². The van der Waals surface area contributed by atoms with E-state index in [9.17, 15) is 25.2 Å². The molecule has 1 spiro atoms. The molecule has 43 heavy (non-hydrogen) atoms. The molecule has 0 amide bonds. The third-order valence-corrected chi connectivity index (χ3v) is 12.9. The van der Waals surface area contributed by atoms with Gasteiger partial charge in [0.2, 0.25) is 0 Å². The smallest absolute Gasteiger partial charge is 0.338 e. The van der Waals surface area contributed by atoms with Gasteiger partial charge in [0.1, 0.15) is 29.5 Å². The van der Waals surface area contributed by atoms with Crippen molar-refractivity contribution in [3.05, 3.63) is 35.9 Å². The van der Waals surface area contributed by atoms with Crippen molar-refractivity contribution in [2.24, 2.45) is 34.5 Å². The Bertz CT molecular complexity index is 1250. The monoisotopic (exact) mass is 603 g/mol. The summed E-state index contributed by atoms with van der Waals surface area (Å²) >= 11 is 0. The van der Waals surface area contributed by atoms with Gasteiger partial charge in [0.05, 0.1) is 30.5 Å². The van der Waals surface area contributed by atoms with Crippen molar-refractivity contribution in [2.45, 2.75) is 73.6 Å². The molecule has 5 saturated carbocycles. The van der Waals surface area contributed by atoms with Crippen molar-refractivity contribution in [2.75, 3.05) is 48.1 Å². The number of fused-ring (bicyclic) bond motifs is 2. The number of carbonyl (C=O) groups is 1. The van der Waals surface area contributed by atoms with E-state index in [1.165, 1.54) is 7.11 Å². The Labute approximate surface area is 252 Å². The average molecular weight is 604 g/mol. The Kier molecular flexibility index (Phi) is 6.92. The lowest BCUT2D eigenvalue weighted by Crippen LogP contribution is -2.81. The molecule has 2 unspecified atom stereocenters. The number of hydrogen-bond donors (Lipinski definition) is 4. The molecule has 1 aromatic rings. The minimum absolute atomic E-state index is 0.106. The van der Waals surface area contributed by atoms with Crippen LogP contribution >= 0.6 is 0 Å². The van der Waals surface area contributed by atoms with Crippen molar-refractivity contribution < 1.29 is 48.9 Å². The number of benzene rings is 1. The molecule has 11 nitrogen and oxygen atoms in total. The Morgan fingerprint density at radius 3 is 2.33 bits per heavy atom. The van der Waals surface area contributed by atoms with Gasteiger partial charge in [-0.2, -0.15) is 0 Å². The van der Waals surface area contributed by atoms with Crippen molar-refractivity contribution in [3.63, 3.8) is 0 Å². The molecule has 6 aliphatic rings. The topological polar surface area (TPSA) is 147 Å². The molecule has 15 atom stereocenters. The molecule has 7 rings (SSSR count). The summed E-state index contributed by atoms with van der Waals surface area (Å²) in [7, 11) is 6.29. The number of piperidine rings is 1. The fourth-order valence-electron chi connectivity index (χ4n) is 11.9. The molecule has 238 valence electrons. The van der Waals surface area contributed by atoms with Crippen LogP contribution in [0.2, 0.25) is 0 Å². The van der Waals surface area contributed by atoms with E-state index in [-0.39, 0.29) is 25.0 Å². The molecule has 5 aliphatic carbocycles. The number of likely N-dealkylation sites (tertiary alicyclic amines) is 1. The van der Waals surface area contributed by atoms with Gasteiger partial charge in [-0.05, 0) is 31.0 Å². The first-order chi connectivity index (χ1) is 20.6. The second kappa shape index (κ2) is 9.91. The third-order valence-electron chi connectivity index (χ3n) is 12.9. The fourth-order valence-corrected chi connectivity index (χ4v) is 11.9. The first-order valence-corrected chi connectivity index (χ1v) is 15.5. The first-order valence-electron chi connectivity index (χ1n) is 15.5. The van der Waals surface area contributed by atoms with Crippen LogP contribution < -0.4 is 0 Å². The Balaban J connectivity index is 1.48. The van der Waals surface area contributed by atoms with Crippen LogP contribution in [-0.2, 0) is 23.7 Å². The predicted molar refractivity (Wildman–Crippen MR) is 151 cm³/mol. The summed E-state index contributed by atoms with van der Waals surface area (Å²) in [5, 5.41) is 49.7. The van der Waals surface area contributed by atoms with Gasteiger partial charge in [0, 0.05) is 76.0 Å². The maximum atomic E-state index is 13.6. The van der Waals surface area contributed by atoms with Gasteiger partial charge in [-0.25, -0.2) is 4.79 Å². The zero-order valence-electron chi connectivity index (χ0n) is 25.5. The van der Waals surface area contributed by atoms with Crippen molar-refractivity contribution in [1.82, 2.24) is 4.90 Å². The van der Waals surface area contributed by atoms with E-state index >= 15 is 0 Å². The van der Waals surface area contributed by atoms with Gasteiger partial charge in [0.25, 0.3) is 0 Å². The first kappa shape index (κ1) is 30.0. The Hall–Kier alpha value is -1.67. The zero-order valence-corrected chi connectivity index (χ0v) is 25.5. The second-order valence-electron chi connectivity index (χ2n) is 13.9. The highest BCUT2D eigenvalue weighted by Gasteiger charge is 2.91. The zero-order chi connectivity index (χ0) is 30.7. The number of carbonyl (C=O) groups excluding carboxylic acids is 1. The molecule has 1 aromatic carbocycles. The number of hydrogen-bond acceptors (Lipinski definition) is 11. The van der Waals surface area contributed by atoms with Crippen molar-refractivity contribution in [3.8, 4) is 0 Å². The molecule has 11 heteroatoms. The van der Waals surface area contributed by atoms with E-state index in [0.29, 0.717) is 25.1 Å². The molecule has 1 aliphatic heterocycles.